The molecule has 0 spiro atoms. The third-order valence-corrected chi connectivity index (χ3v) is 7.66. The summed E-state index contributed by atoms with van der Waals surface area (Å²) in [6.45, 7) is 2.91. The van der Waals surface area contributed by atoms with E-state index >= 15 is 0 Å². The first kappa shape index (κ1) is 19.5. The molecular formula is C25H28N6O. The van der Waals surface area contributed by atoms with Crippen molar-refractivity contribution >= 4 is 17.4 Å². The minimum Gasteiger partial charge on any atom is -0.383 e. The maximum Gasteiger partial charge on any atom is 0.166 e. The van der Waals surface area contributed by atoms with Crippen LogP contribution in [0.3, 0.4) is 0 Å². The molecule has 0 amide bonds. The molecular weight excluding hydrogens is 400 g/mol. The fourth-order valence-electron chi connectivity index (χ4n) is 5.63. The van der Waals surface area contributed by atoms with Gasteiger partial charge in [-0.25, -0.2) is 9.97 Å². The van der Waals surface area contributed by atoms with Crippen LogP contribution in [0.25, 0.3) is 0 Å². The Labute approximate surface area is 187 Å². The standard InChI is InChI=1S/C25H28N6O/c26-25-22-5-4-17(21(22)7-8-27-25)9-23(32)20-11-29-31(15-20)12-16-1-6-24(28-10-16)30-13-18-2-3-19(18)14-30/h1,6-8,10-11,15,17-19H,2-5,9,12-14H2,(H2,26,27)/t17-,18?,19?/m0/s1. The number of carbonyl (C=O) groups excluding carboxylic acids is 1. The number of pyridine rings is 2. The lowest BCUT2D eigenvalue weighted by Crippen LogP contribution is -2.22. The van der Waals surface area contributed by atoms with Crippen molar-refractivity contribution in [1.29, 1.82) is 0 Å². The molecule has 2 fully saturated rings. The highest BCUT2D eigenvalue weighted by atomic mass is 16.1. The second-order valence-corrected chi connectivity index (χ2v) is 9.58. The summed E-state index contributed by atoms with van der Waals surface area (Å²) in [7, 11) is 0. The highest BCUT2D eigenvalue weighted by molar-refractivity contribution is 5.96. The van der Waals surface area contributed by atoms with Gasteiger partial charge in [0.1, 0.15) is 11.6 Å². The largest absolute Gasteiger partial charge is 0.383 e. The van der Waals surface area contributed by atoms with Gasteiger partial charge < -0.3 is 10.6 Å². The first-order valence-corrected chi connectivity index (χ1v) is 11.6. The summed E-state index contributed by atoms with van der Waals surface area (Å²) >= 11 is 0. The lowest BCUT2D eigenvalue weighted by atomic mass is 9.77. The van der Waals surface area contributed by atoms with Crippen LogP contribution in [0.2, 0.25) is 0 Å². The Bertz CT molecular complexity index is 1140. The number of nitrogen functional groups attached to an aromatic ring is 1. The third kappa shape index (κ3) is 3.45. The molecule has 1 aliphatic heterocycles. The smallest absolute Gasteiger partial charge is 0.166 e. The molecule has 2 N–H and O–H groups in total. The Morgan fingerprint density at radius 2 is 1.91 bits per heavy atom. The zero-order chi connectivity index (χ0) is 21.7. The van der Waals surface area contributed by atoms with Gasteiger partial charge in [-0.1, -0.05) is 6.07 Å². The minimum atomic E-state index is 0.127. The predicted octanol–water partition coefficient (Wildman–Crippen LogP) is 3.45. The zero-order valence-electron chi connectivity index (χ0n) is 18.2. The maximum absolute atomic E-state index is 12.9. The quantitative estimate of drug-likeness (QED) is 0.605. The molecule has 0 aromatic carbocycles. The van der Waals surface area contributed by atoms with E-state index < -0.39 is 0 Å². The van der Waals surface area contributed by atoms with Gasteiger partial charge in [-0.15, -0.1) is 0 Å². The number of anilines is 2. The van der Waals surface area contributed by atoms with Crippen LogP contribution >= 0.6 is 0 Å². The van der Waals surface area contributed by atoms with Gasteiger partial charge in [-0.2, -0.15) is 5.10 Å². The van der Waals surface area contributed by atoms with E-state index in [4.69, 9.17) is 10.7 Å². The Balaban J connectivity index is 1.09. The number of rotatable bonds is 6. The second-order valence-electron chi connectivity index (χ2n) is 9.58. The molecule has 1 saturated heterocycles. The molecule has 1 saturated carbocycles. The lowest BCUT2D eigenvalue weighted by Gasteiger charge is -2.27. The summed E-state index contributed by atoms with van der Waals surface area (Å²) < 4.78 is 1.82. The third-order valence-electron chi connectivity index (χ3n) is 7.66. The Morgan fingerprint density at radius 1 is 1.06 bits per heavy atom. The van der Waals surface area contributed by atoms with Crippen molar-refractivity contribution in [3.05, 3.63) is 65.2 Å². The zero-order valence-corrected chi connectivity index (χ0v) is 18.2. The van der Waals surface area contributed by atoms with Crippen LogP contribution in [0, 0.1) is 11.8 Å². The number of aromatic nitrogens is 4. The number of fused-ring (bicyclic) bond motifs is 2. The van der Waals surface area contributed by atoms with Gasteiger partial charge in [0.05, 0.1) is 18.3 Å². The lowest BCUT2D eigenvalue weighted by molar-refractivity contribution is 0.0973. The van der Waals surface area contributed by atoms with Crippen LogP contribution in [0.4, 0.5) is 11.6 Å². The topological polar surface area (TPSA) is 89.9 Å². The van der Waals surface area contributed by atoms with E-state index in [0.29, 0.717) is 24.3 Å². The molecule has 164 valence electrons. The molecule has 4 heterocycles. The van der Waals surface area contributed by atoms with Crippen LogP contribution in [0.15, 0.2) is 43.0 Å². The van der Waals surface area contributed by atoms with Gasteiger partial charge in [0.15, 0.2) is 5.78 Å². The van der Waals surface area contributed by atoms with E-state index in [1.807, 2.05) is 23.1 Å². The van der Waals surface area contributed by atoms with Crippen LogP contribution in [0.1, 0.15) is 58.6 Å². The van der Waals surface area contributed by atoms with E-state index in [0.717, 1.165) is 54.7 Å². The average molecular weight is 429 g/mol. The van der Waals surface area contributed by atoms with E-state index in [1.165, 1.54) is 18.4 Å². The normalized spacial score (nSPS) is 23.6. The first-order valence-electron chi connectivity index (χ1n) is 11.6. The van der Waals surface area contributed by atoms with Crippen LogP contribution in [0.5, 0.6) is 0 Å². The highest BCUT2D eigenvalue weighted by Gasteiger charge is 2.39. The minimum absolute atomic E-state index is 0.127. The van der Waals surface area contributed by atoms with E-state index in [9.17, 15) is 4.79 Å². The van der Waals surface area contributed by atoms with Gasteiger partial charge in [0, 0.05) is 38.1 Å². The number of Topliss-reactive ketones (excluding diaryl/α,β-unsaturated/α-hetero) is 1. The Kier molecular flexibility index (Phi) is 4.70. The van der Waals surface area contributed by atoms with Crippen LogP contribution in [-0.4, -0.2) is 38.6 Å². The number of ketones is 1. The van der Waals surface area contributed by atoms with Crippen molar-refractivity contribution in [2.45, 2.75) is 44.6 Å². The van der Waals surface area contributed by atoms with E-state index in [-0.39, 0.29) is 11.7 Å². The molecule has 3 aliphatic rings. The fraction of sp³-hybridized carbons (Fsp3) is 0.440. The summed E-state index contributed by atoms with van der Waals surface area (Å²) in [5.74, 6) is 3.77. The van der Waals surface area contributed by atoms with Gasteiger partial charge in [0.2, 0.25) is 0 Å². The number of carbonyl (C=O) groups is 1. The van der Waals surface area contributed by atoms with Crippen molar-refractivity contribution in [2.24, 2.45) is 11.8 Å². The molecule has 2 unspecified atom stereocenters. The SMILES string of the molecule is Nc1nccc2c1CC[C@H]2CC(=O)c1cnn(Cc2ccc(N3CC4CCC4C3)nc2)c1. The maximum atomic E-state index is 12.9. The predicted molar refractivity (Wildman–Crippen MR) is 123 cm³/mol. The number of nitrogens with two attached hydrogens (primary N) is 1. The fourth-order valence-corrected chi connectivity index (χ4v) is 5.63. The van der Waals surface area contributed by atoms with Crippen molar-refractivity contribution < 1.29 is 4.79 Å². The van der Waals surface area contributed by atoms with E-state index in [1.54, 1.807) is 12.4 Å². The van der Waals surface area contributed by atoms with Crippen LogP contribution in [-0.2, 0) is 13.0 Å². The molecule has 2 aliphatic carbocycles. The number of nitrogens with zero attached hydrogens (tertiary/aromatic N) is 5. The van der Waals surface area contributed by atoms with Crippen molar-refractivity contribution in [2.75, 3.05) is 23.7 Å². The van der Waals surface area contributed by atoms with Crippen molar-refractivity contribution in [3.8, 4) is 0 Å². The molecule has 0 bridgehead atoms. The van der Waals surface area contributed by atoms with Gasteiger partial charge >= 0.3 is 0 Å². The summed E-state index contributed by atoms with van der Waals surface area (Å²) in [4.78, 5) is 24.2. The first-order chi connectivity index (χ1) is 15.6. The molecule has 0 radical (unpaired) electrons. The van der Waals surface area contributed by atoms with E-state index in [2.05, 4.69) is 27.1 Å². The molecule has 3 atom stereocenters. The second kappa shape index (κ2) is 7.73. The molecule has 3 aromatic heterocycles. The summed E-state index contributed by atoms with van der Waals surface area (Å²) in [5, 5.41) is 4.42. The molecule has 7 nitrogen and oxygen atoms in total. The van der Waals surface area contributed by atoms with Crippen molar-refractivity contribution in [3.63, 3.8) is 0 Å². The Morgan fingerprint density at radius 3 is 2.66 bits per heavy atom. The summed E-state index contributed by atoms with van der Waals surface area (Å²) in [6, 6.07) is 6.25. The molecule has 7 heteroatoms. The average Bonchev–Trinajstić information content (AvgIpc) is 3.48. The summed E-state index contributed by atoms with van der Waals surface area (Å²) in [5.41, 5.74) is 10.0. The van der Waals surface area contributed by atoms with Crippen molar-refractivity contribution in [1.82, 2.24) is 19.7 Å². The monoisotopic (exact) mass is 428 g/mol. The van der Waals surface area contributed by atoms with Gasteiger partial charge in [0.25, 0.3) is 0 Å². The molecule has 3 aromatic rings. The Hall–Kier alpha value is -3.22. The number of hydrogen-bond donors (Lipinski definition) is 1. The molecule has 6 rings (SSSR count). The van der Waals surface area contributed by atoms with Gasteiger partial charge in [-0.05, 0) is 72.3 Å². The molecule has 32 heavy (non-hydrogen) atoms. The van der Waals surface area contributed by atoms with Crippen LogP contribution < -0.4 is 10.6 Å². The number of hydrogen-bond acceptors (Lipinski definition) is 6. The van der Waals surface area contributed by atoms with Gasteiger partial charge in [-0.3, -0.25) is 9.48 Å². The summed E-state index contributed by atoms with van der Waals surface area (Å²) in [6.07, 6.45) is 12.3. The highest BCUT2D eigenvalue weighted by Crippen LogP contribution is 2.41.